The Hall–Kier alpha value is -2.51. The van der Waals surface area contributed by atoms with Crippen LogP contribution in [0.25, 0.3) is 0 Å². The van der Waals surface area contributed by atoms with Crippen LogP contribution in [0.2, 0.25) is 0 Å². The van der Waals surface area contributed by atoms with E-state index >= 15 is 0 Å². The van der Waals surface area contributed by atoms with Gasteiger partial charge < -0.3 is 5.32 Å². The molecule has 7 nitrogen and oxygen atoms in total. The first kappa shape index (κ1) is 12.0. The third kappa shape index (κ3) is 2.59. The minimum Gasteiger partial charge on any atom is -0.372 e. The molecule has 0 saturated heterocycles. The zero-order valence-corrected chi connectivity index (χ0v) is 9.50. The summed E-state index contributed by atoms with van der Waals surface area (Å²) in [5.74, 6) is -0.0758. The summed E-state index contributed by atoms with van der Waals surface area (Å²) in [6.07, 6.45) is 1.51. The fraction of sp³-hybridized carbons (Fsp3) is 0.200. The minimum atomic E-state index is -0.576. The van der Waals surface area contributed by atoms with E-state index in [1.165, 1.54) is 11.0 Å². The van der Waals surface area contributed by atoms with Crippen molar-refractivity contribution >= 4 is 11.4 Å². The highest BCUT2D eigenvalue weighted by Crippen LogP contribution is 2.25. The maximum absolute atomic E-state index is 13.0. The van der Waals surface area contributed by atoms with Gasteiger partial charge in [0.2, 0.25) is 0 Å². The topological polar surface area (TPSA) is 85.9 Å². The first-order valence-corrected chi connectivity index (χ1v) is 5.08. The average molecular weight is 251 g/mol. The lowest BCUT2D eigenvalue weighted by Gasteiger charge is -2.04. The number of halogens is 1. The number of nitrogens with zero attached hydrogens (tertiary/aromatic N) is 4. The molecule has 8 heteroatoms. The Kier molecular flexibility index (Phi) is 3.18. The second kappa shape index (κ2) is 4.78. The van der Waals surface area contributed by atoms with Gasteiger partial charge in [0.25, 0.3) is 5.69 Å². The van der Waals surface area contributed by atoms with Crippen LogP contribution in [-0.2, 0) is 13.6 Å². The number of aryl methyl sites for hydroxylation is 1. The van der Waals surface area contributed by atoms with Crippen LogP contribution in [-0.4, -0.2) is 19.7 Å². The van der Waals surface area contributed by atoms with Gasteiger partial charge >= 0.3 is 0 Å². The minimum absolute atomic E-state index is 0.104. The molecule has 0 aliphatic rings. The van der Waals surface area contributed by atoms with Gasteiger partial charge in [-0.3, -0.25) is 14.8 Å². The van der Waals surface area contributed by atoms with Gasteiger partial charge in [-0.1, -0.05) is 0 Å². The molecule has 0 saturated carbocycles. The summed E-state index contributed by atoms with van der Waals surface area (Å²) in [6, 6.07) is 3.23. The molecule has 0 spiro atoms. The van der Waals surface area contributed by atoms with E-state index in [1.807, 2.05) is 0 Å². The lowest BCUT2D eigenvalue weighted by molar-refractivity contribution is -0.384. The highest BCUT2D eigenvalue weighted by molar-refractivity contribution is 5.61. The predicted molar refractivity (Wildman–Crippen MR) is 61.4 cm³/mol. The van der Waals surface area contributed by atoms with Crippen molar-refractivity contribution in [1.29, 1.82) is 0 Å². The number of anilines is 1. The second-order valence-corrected chi connectivity index (χ2v) is 3.61. The zero-order chi connectivity index (χ0) is 13.1. The van der Waals surface area contributed by atoms with Crippen molar-refractivity contribution in [3.05, 3.63) is 46.3 Å². The smallest absolute Gasteiger partial charge is 0.292 e. The van der Waals surface area contributed by atoms with Crippen molar-refractivity contribution in [2.45, 2.75) is 6.54 Å². The van der Waals surface area contributed by atoms with E-state index < -0.39 is 10.7 Å². The molecule has 0 atom stereocenters. The number of hydrogen-bond acceptors (Lipinski definition) is 5. The summed E-state index contributed by atoms with van der Waals surface area (Å²) < 4.78 is 14.6. The molecule has 1 aromatic carbocycles. The lowest BCUT2D eigenvalue weighted by Crippen LogP contribution is -2.05. The molecular formula is C10H10FN5O2. The van der Waals surface area contributed by atoms with Crippen molar-refractivity contribution in [3.8, 4) is 0 Å². The Morgan fingerprint density at radius 3 is 2.94 bits per heavy atom. The van der Waals surface area contributed by atoms with Crippen LogP contribution < -0.4 is 5.32 Å². The number of nitro groups is 1. The third-order valence-corrected chi connectivity index (χ3v) is 2.24. The van der Waals surface area contributed by atoms with Crippen LogP contribution in [0.15, 0.2) is 24.5 Å². The molecule has 0 radical (unpaired) electrons. The number of hydrogen-bond donors (Lipinski definition) is 1. The molecule has 1 aromatic heterocycles. The van der Waals surface area contributed by atoms with Gasteiger partial charge in [-0.2, -0.15) is 5.10 Å². The Morgan fingerprint density at radius 2 is 2.33 bits per heavy atom. The van der Waals surface area contributed by atoms with Gasteiger partial charge in [0.1, 0.15) is 17.8 Å². The Balaban J connectivity index is 2.17. The predicted octanol–water partition coefficient (Wildman–Crippen LogP) is 1.47. The van der Waals surface area contributed by atoms with Crippen LogP contribution in [0.5, 0.6) is 0 Å². The van der Waals surface area contributed by atoms with E-state index in [-0.39, 0.29) is 17.9 Å². The average Bonchev–Trinajstić information content (AvgIpc) is 2.72. The first-order valence-electron chi connectivity index (χ1n) is 5.08. The fourth-order valence-corrected chi connectivity index (χ4v) is 1.45. The molecule has 1 heterocycles. The highest BCUT2D eigenvalue weighted by Gasteiger charge is 2.14. The number of nitrogens with one attached hydrogen (secondary N) is 1. The van der Waals surface area contributed by atoms with Crippen molar-refractivity contribution in [1.82, 2.24) is 14.8 Å². The second-order valence-electron chi connectivity index (χ2n) is 3.61. The van der Waals surface area contributed by atoms with Gasteiger partial charge in [-0.25, -0.2) is 9.37 Å². The Labute approximate surface area is 101 Å². The maximum Gasteiger partial charge on any atom is 0.292 e. The molecule has 0 aliphatic carbocycles. The van der Waals surface area contributed by atoms with Crippen LogP contribution in [0.1, 0.15) is 5.82 Å². The zero-order valence-electron chi connectivity index (χ0n) is 9.50. The maximum atomic E-state index is 13.0. The van der Waals surface area contributed by atoms with Gasteiger partial charge in [-0.15, -0.1) is 0 Å². The highest BCUT2D eigenvalue weighted by atomic mass is 19.1. The summed E-state index contributed by atoms with van der Waals surface area (Å²) in [7, 11) is 1.71. The van der Waals surface area contributed by atoms with Crippen molar-refractivity contribution in [2.75, 3.05) is 5.32 Å². The van der Waals surface area contributed by atoms with E-state index in [1.54, 1.807) is 7.05 Å². The van der Waals surface area contributed by atoms with Crippen LogP contribution in [0.4, 0.5) is 15.8 Å². The summed E-state index contributed by atoms with van der Waals surface area (Å²) >= 11 is 0. The van der Waals surface area contributed by atoms with Gasteiger partial charge in [-0.05, 0) is 6.07 Å². The molecule has 18 heavy (non-hydrogen) atoms. The van der Waals surface area contributed by atoms with Crippen LogP contribution in [0, 0.1) is 15.9 Å². The molecular weight excluding hydrogens is 241 g/mol. The number of nitro benzene ring substituents is 1. The van der Waals surface area contributed by atoms with Crippen LogP contribution >= 0.6 is 0 Å². The fourth-order valence-electron chi connectivity index (χ4n) is 1.45. The van der Waals surface area contributed by atoms with Crippen molar-refractivity contribution in [3.63, 3.8) is 0 Å². The quantitative estimate of drug-likeness (QED) is 0.657. The SMILES string of the molecule is Cn1cnc(CNc2cc(F)ccc2[N+](=O)[O-])n1. The molecule has 2 rings (SSSR count). The van der Waals surface area contributed by atoms with Crippen molar-refractivity contribution < 1.29 is 9.31 Å². The van der Waals surface area contributed by atoms with E-state index in [4.69, 9.17) is 0 Å². The normalized spacial score (nSPS) is 10.3. The summed E-state index contributed by atoms with van der Waals surface area (Å²) in [4.78, 5) is 14.1. The first-order chi connectivity index (χ1) is 8.56. The van der Waals surface area contributed by atoms with Crippen molar-refractivity contribution in [2.24, 2.45) is 7.05 Å². The number of benzene rings is 1. The molecule has 0 unspecified atom stereocenters. The van der Waals surface area contributed by atoms with Gasteiger partial charge in [0.15, 0.2) is 5.82 Å². The summed E-state index contributed by atoms with van der Waals surface area (Å²) in [6.45, 7) is 0.186. The van der Waals surface area contributed by atoms with Gasteiger partial charge in [0.05, 0.1) is 11.5 Å². The third-order valence-electron chi connectivity index (χ3n) is 2.24. The molecule has 0 fully saturated rings. The van der Waals surface area contributed by atoms with Gasteiger partial charge in [0, 0.05) is 19.2 Å². The van der Waals surface area contributed by atoms with Crippen LogP contribution in [0.3, 0.4) is 0 Å². The van der Waals surface area contributed by atoms with E-state index in [2.05, 4.69) is 15.4 Å². The lowest BCUT2D eigenvalue weighted by atomic mass is 10.2. The molecule has 0 bridgehead atoms. The Bertz CT molecular complexity index is 583. The Morgan fingerprint density at radius 1 is 1.56 bits per heavy atom. The molecule has 2 aromatic rings. The molecule has 94 valence electrons. The number of aromatic nitrogens is 3. The summed E-state index contributed by atoms with van der Waals surface area (Å²) in [5.41, 5.74) is -0.0835. The van der Waals surface area contributed by atoms with E-state index in [0.29, 0.717) is 5.82 Å². The molecule has 0 aliphatic heterocycles. The molecule has 0 amide bonds. The summed E-state index contributed by atoms with van der Waals surface area (Å²) in [5, 5.41) is 17.5. The van der Waals surface area contributed by atoms with E-state index in [9.17, 15) is 14.5 Å². The molecule has 1 N–H and O–H groups in total. The monoisotopic (exact) mass is 251 g/mol. The standard InChI is InChI=1S/C10H10FN5O2/c1-15-6-13-10(14-15)5-12-8-4-7(11)2-3-9(8)16(17)18/h2-4,6,12H,5H2,1H3. The largest absolute Gasteiger partial charge is 0.372 e. The number of rotatable bonds is 4. The van der Waals surface area contributed by atoms with E-state index in [0.717, 1.165) is 18.2 Å².